The highest BCUT2D eigenvalue weighted by molar-refractivity contribution is 8.01. The Morgan fingerprint density at radius 1 is 1.35 bits per heavy atom. The van der Waals surface area contributed by atoms with Crippen LogP contribution >= 0.6 is 23.1 Å². The van der Waals surface area contributed by atoms with E-state index in [1.165, 1.54) is 23.1 Å². The van der Waals surface area contributed by atoms with Gasteiger partial charge in [0.25, 0.3) is 0 Å². The first kappa shape index (κ1) is 16.7. The van der Waals surface area contributed by atoms with Crippen LogP contribution in [-0.2, 0) is 9.53 Å². The Labute approximate surface area is 125 Å². The van der Waals surface area contributed by atoms with E-state index in [0.29, 0.717) is 16.1 Å². The van der Waals surface area contributed by atoms with Crippen LogP contribution in [0.25, 0.3) is 0 Å². The zero-order chi connectivity index (χ0) is 15.2. The summed E-state index contributed by atoms with van der Waals surface area (Å²) in [5, 5.41) is 13.4. The molecule has 1 rings (SSSR count). The summed E-state index contributed by atoms with van der Waals surface area (Å²) in [5.41, 5.74) is -0.323. The molecule has 0 aliphatic carbocycles. The van der Waals surface area contributed by atoms with Gasteiger partial charge in [0.05, 0.1) is 12.4 Å². The maximum Gasteiger partial charge on any atom is 0.321 e. The summed E-state index contributed by atoms with van der Waals surface area (Å²) in [6.45, 7) is 7.76. The summed E-state index contributed by atoms with van der Waals surface area (Å²) < 4.78 is 5.41. The molecule has 0 saturated heterocycles. The average Bonchev–Trinajstić information content (AvgIpc) is 2.71. The van der Waals surface area contributed by atoms with Crippen molar-refractivity contribution in [1.29, 1.82) is 0 Å². The highest BCUT2D eigenvalue weighted by Crippen LogP contribution is 2.25. The van der Waals surface area contributed by atoms with Gasteiger partial charge in [0, 0.05) is 5.54 Å². The number of nitrogens with zero attached hydrogens (tertiary/aromatic N) is 2. The number of rotatable bonds is 5. The minimum absolute atomic E-state index is 0.177. The molecule has 0 saturated carbocycles. The maximum absolute atomic E-state index is 11.6. The molecule has 1 aromatic rings. The molecular formula is C11H18N4O3S2. The van der Waals surface area contributed by atoms with Gasteiger partial charge in [0.2, 0.25) is 5.13 Å². The quantitative estimate of drug-likeness (QED) is 0.491. The number of amides is 2. The zero-order valence-electron chi connectivity index (χ0n) is 11.8. The summed E-state index contributed by atoms with van der Waals surface area (Å²) in [6, 6.07) is -0.337. The van der Waals surface area contributed by atoms with Crippen LogP contribution in [0.4, 0.5) is 9.93 Å². The Kier molecular flexibility index (Phi) is 6.21. The number of thioether (sulfide) groups is 1. The van der Waals surface area contributed by atoms with Gasteiger partial charge in [-0.25, -0.2) is 4.79 Å². The van der Waals surface area contributed by atoms with Gasteiger partial charge in [0.15, 0.2) is 4.34 Å². The Morgan fingerprint density at radius 3 is 2.65 bits per heavy atom. The van der Waals surface area contributed by atoms with E-state index in [1.807, 2.05) is 20.8 Å². The van der Waals surface area contributed by atoms with Crippen LogP contribution in [0.2, 0.25) is 0 Å². The third kappa shape index (κ3) is 6.71. The lowest BCUT2D eigenvalue weighted by atomic mass is 10.1. The van der Waals surface area contributed by atoms with E-state index >= 15 is 0 Å². The first-order valence-corrected chi connectivity index (χ1v) is 7.81. The molecule has 0 radical (unpaired) electrons. The van der Waals surface area contributed by atoms with Crippen molar-refractivity contribution in [3.63, 3.8) is 0 Å². The number of carbonyl (C=O) groups excluding carboxylic acids is 2. The molecule has 0 aliphatic rings. The highest BCUT2D eigenvalue weighted by Gasteiger charge is 2.15. The molecule has 2 N–H and O–H groups in total. The highest BCUT2D eigenvalue weighted by atomic mass is 32.2. The first-order valence-electron chi connectivity index (χ1n) is 6.01. The molecule has 2 amide bonds. The van der Waals surface area contributed by atoms with Crippen molar-refractivity contribution in [3.05, 3.63) is 0 Å². The van der Waals surface area contributed by atoms with Crippen LogP contribution < -0.4 is 10.6 Å². The molecule has 0 atom stereocenters. The van der Waals surface area contributed by atoms with Gasteiger partial charge in [-0.3, -0.25) is 10.1 Å². The number of carbonyl (C=O) groups is 2. The van der Waals surface area contributed by atoms with Crippen molar-refractivity contribution in [3.8, 4) is 0 Å². The van der Waals surface area contributed by atoms with Gasteiger partial charge >= 0.3 is 12.0 Å². The Balaban J connectivity index is 2.43. The summed E-state index contributed by atoms with van der Waals surface area (Å²) in [6.07, 6.45) is 0. The lowest BCUT2D eigenvalue weighted by Crippen LogP contribution is -2.43. The second-order valence-corrected chi connectivity index (χ2v) is 7.00. The van der Waals surface area contributed by atoms with Crippen molar-refractivity contribution in [2.45, 2.75) is 37.6 Å². The molecule has 112 valence electrons. The number of esters is 1. The molecule has 1 aromatic heterocycles. The van der Waals surface area contributed by atoms with Gasteiger partial charge in [-0.2, -0.15) is 0 Å². The fourth-order valence-electron chi connectivity index (χ4n) is 1.11. The largest absolute Gasteiger partial charge is 0.465 e. The molecule has 0 unspecified atom stereocenters. The van der Waals surface area contributed by atoms with E-state index in [9.17, 15) is 9.59 Å². The number of anilines is 1. The van der Waals surface area contributed by atoms with Gasteiger partial charge in [-0.05, 0) is 27.7 Å². The fraction of sp³-hybridized carbons (Fsp3) is 0.636. The van der Waals surface area contributed by atoms with E-state index in [-0.39, 0.29) is 23.3 Å². The minimum atomic E-state index is -0.337. The van der Waals surface area contributed by atoms with Crippen LogP contribution in [0.5, 0.6) is 0 Å². The summed E-state index contributed by atoms with van der Waals surface area (Å²) >= 11 is 2.44. The third-order valence-electron chi connectivity index (χ3n) is 1.73. The lowest BCUT2D eigenvalue weighted by molar-refractivity contribution is -0.139. The predicted molar refractivity (Wildman–Crippen MR) is 79.2 cm³/mol. The van der Waals surface area contributed by atoms with E-state index in [4.69, 9.17) is 4.74 Å². The number of nitrogens with one attached hydrogen (secondary N) is 2. The molecule has 0 bridgehead atoms. The van der Waals surface area contributed by atoms with Gasteiger partial charge in [-0.1, -0.05) is 23.1 Å². The molecule has 20 heavy (non-hydrogen) atoms. The Morgan fingerprint density at radius 2 is 2.05 bits per heavy atom. The first-order chi connectivity index (χ1) is 9.30. The zero-order valence-corrected chi connectivity index (χ0v) is 13.5. The number of urea groups is 1. The van der Waals surface area contributed by atoms with Crippen LogP contribution in [0.3, 0.4) is 0 Å². The smallest absolute Gasteiger partial charge is 0.321 e. The number of aromatic nitrogens is 2. The van der Waals surface area contributed by atoms with Crippen LogP contribution in [0.15, 0.2) is 4.34 Å². The Bertz CT molecular complexity index is 470. The molecule has 7 nitrogen and oxygen atoms in total. The van der Waals surface area contributed by atoms with Gasteiger partial charge < -0.3 is 10.1 Å². The van der Waals surface area contributed by atoms with Crippen LogP contribution in [-0.4, -0.2) is 40.1 Å². The summed E-state index contributed by atoms with van der Waals surface area (Å²) in [4.78, 5) is 22.8. The Hall–Kier alpha value is -1.35. The molecule has 9 heteroatoms. The minimum Gasteiger partial charge on any atom is -0.465 e. The second kappa shape index (κ2) is 7.44. The van der Waals surface area contributed by atoms with Crippen molar-refractivity contribution >= 4 is 40.2 Å². The normalized spacial score (nSPS) is 11.0. The predicted octanol–water partition coefficient (Wildman–Crippen LogP) is 2.11. The topological polar surface area (TPSA) is 93.2 Å². The molecule has 0 fully saturated rings. The van der Waals surface area contributed by atoms with Crippen molar-refractivity contribution < 1.29 is 14.3 Å². The van der Waals surface area contributed by atoms with Crippen LogP contribution in [0, 0.1) is 0 Å². The lowest BCUT2D eigenvalue weighted by Gasteiger charge is -2.19. The SMILES string of the molecule is CCOC(=O)CSc1nnc(NC(=O)NC(C)(C)C)s1. The monoisotopic (exact) mass is 318 g/mol. The van der Waals surface area contributed by atoms with E-state index in [0.717, 1.165) is 0 Å². The third-order valence-corrected chi connectivity index (χ3v) is 3.68. The standard InChI is InChI=1S/C11H18N4O3S2/c1-5-18-7(16)6-19-10-15-14-9(20-10)12-8(17)13-11(2,3)4/h5-6H2,1-4H3,(H2,12,13,14,17). The van der Waals surface area contributed by atoms with Crippen LogP contribution in [0.1, 0.15) is 27.7 Å². The van der Waals surface area contributed by atoms with E-state index < -0.39 is 0 Å². The van der Waals surface area contributed by atoms with E-state index in [1.54, 1.807) is 6.92 Å². The van der Waals surface area contributed by atoms with Gasteiger partial charge in [0.1, 0.15) is 0 Å². The van der Waals surface area contributed by atoms with Crippen molar-refractivity contribution in [2.75, 3.05) is 17.7 Å². The average molecular weight is 318 g/mol. The number of hydrogen-bond donors (Lipinski definition) is 2. The van der Waals surface area contributed by atoms with Crippen molar-refractivity contribution in [2.24, 2.45) is 0 Å². The molecule has 0 spiro atoms. The molecule has 0 aromatic carbocycles. The maximum atomic E-state index is 11.6. The number of hydrogen-bond acceptors (Lipinski definition) is 7. The molecule has 0 aliphatic heterocycles. The summed E-state index contributed by atoms with van der Waals surface area (Å²) in [5.74, 6) is -0.121. The van der Waals surface area contributed by atoms with Gasteiger partial charge in [-0.15, -0.1) is 10.2 Å². The second-order valence-electron chi connectivity index (χ2n) is 4.80. The fourth-order valence-corrected chi connectivity index (χ4v) is 2.66. The van der Waals surface area contributed by atoms with E-state index in [2.05, 4.69) is 20.8 Å². The van der Waals surface area contributed by atoms with Crippen molar-refractivity contribution in [1.82, 2.24) is 15.5 Å². The molecular weight excluding hydrogens is 300 g/mol. The number of ether oxygens (including phenoxy) is 1. The summed E-state index contributed by atoms with van der Waals surface area (Å²) in [7, 11) is 0. The molecule has 1 heterocycles.